The highest BCUT2D eigenvalue weighted by molar-refractivity contribution is 6.08. The van der Waals surface area contributed by atoms with Crippen LogP contribution in [0, 0.1) is 0 Å². The Hall–Kier alpha value is -3.67. The van der Waals surface area contributed by atoms with Crippen molar-refractivity contribution in [3.05, 3.63) is 72.1 Å². The third kappa shape index (κ3) is 3.77. The number of rotatable bonds is 4. The van der Waals surface area contributed by atoms with E-state index in [1.807, 2.05) is 60.7 Å². The summed E-state index contributed by atoms with van der Waals surface area (Å²) in [5.41, 5.74) is 2.23. The van der Waals surface area contributed by atoms with Gasteiger partial charge in [0, 0.05) is 24.2 Å². The average molecular weight is 412 g/mol. The summed E-state index contributed by atoms with van der Waals surface area (Å²) < 4.78 is 7.69. The topological polar surface area (TPSA) is 69.0 Å². The molecule has 0 fully saturated rings. The molecule has 5 rings (SSSR count). The van der Waals surface area contributed by atoms with Gasteiger partial charge in [-0.2, -0.15) is 0 Å². The molecule has 1 N–H and O–H groups in total. The molecular weight excluding hydrogens is 388 g/mol. The molecule has 0 radical (unpaired) electrons. The molecule has 0 spiro atoms. The van der Waals surface area contributed by atoms with Crippen LogP contribution < -0.4 is 10.1 Å². The van der Waals surface area contributed by atoms with Crippen molar-refractivity contribution in [2.75, 3.05) is 12.4 Å². The molecule has 0 aliphatic carbocycles. The Morgan fingerprint density at radius 3 is 2.52 bits per heavy atom. The molecule has 6 heteroatoms. The summed E-state index contributed by atoms with van der Waals surface area (Å²) in [6.45, 7) is 0.956. The van der Waals surface area contributed by atoms with Crippen molar-refractivity contribution in [3.63, 3.8) is 0 Å². The van der Waals surface area contributed by atoms with Gasteiger partial charge in [-0.1, -0.05) is 30.7 Å². The van der Waals surface area contributed by atoms with Crippen LogP contribution in [0.25, 0.3) is 22.2 Å². The van der Waals surface area contributed by atoms with E-state index >= 15 is 0 Å². The second-order valence-corrected chi connectivity index (χ2v) is 7.83. The first kappa shape index (κ1) is 19.3. The van der Waals surface area contributed by atoms with Gasteiger partial charge in [-0.25, -0.2) is 0 Å². The van der Waals surface area contributed by atoms with Crippen LogP contribution in [0.5, 0.6) is 5.75 Å². The number of amides is 1. The maximum absolute atomic E-state index is 13.0. The minimum atomic E-state index is -0.202. The molecule has 0 atom stereocenters. The highest BCUT2D eigenvalue weighted by Crippen LogP contribution is 2.28. The fourth-order valence-corrected chi connectivity index (χ4v) is 4.17. The van der Waals surface area contributed by atoms with Crippen molar-refractivity contribution in [3.8, 4) is 17.1 Å². The first-order valence-corrected chi connectivity index (χ1v) is 10.6. The molecule has 156 valence electrons. The fraction of sp³-hybridized carbons (Fsp3) is 0.240. The summed E-state index contributed by atoms with van der Waals surface area (Å²) in [4.78, 5) is 13.0. The van der Waals surface area contributed by atoms with Gasteiger partial charge in [0.2, 0.25) is 0 Å². The van der Waals surface area contributed by atoms with Gasteiger partial charge in [0.05, 0.1) is 12.7 Å². The van der Waals surface area contributed by atoms with E-state index in [1.54, 1.807) is 7.11 Å². The SMILES string of the molecule is COc1cc2ccccc2cc1C(=O)Nc1ccc(-c2nnc3n2CCCCC3)cc1. The molecule has 0 saturated heterocycles. The lowest BCUT2D eigenvalue weighted by molar-refractivity contribution is 0.102. The summed E-state index contributed by atoms with van der Waals surface area (Å²) >= 11 is 0. The van der Waals surface area contributed by atoms with E-state index in [4.69, 9.17) is 4.74 Å². The summed E-state index contributed by atoms with van der Waals surface area (Å²) in [6.07, 6.45) is 4.53. The number of ether oxygens (including phenoxy) is 1. The number of anilines is 1. The monoisotopic (exact) mass is 412 g/mol. The van der Waals surface area contributed by atoms with Gasteiger partial charge in [-0.05, 0) is 60.0 Å². The van der Waals surface area contributed by atoms with Crippen molar-refractivity contribution < 1.29 is 9.53 Å². The van der Waals surface area contributed by atoms with Gasteiger partial charge in [0.25, 0.3) is 5.91 Å². The van der Waals surface area contributed by atoms with Crippen LogP contribution in [-0.4, -0.2) is 27.8 Å². The largest absolute Gasteiger partial charge is 0.496 e. The number of hydrogen-bond donors (Lipinski definition) is 1. The third-order valence-corrected chi connectivity index (χ3v) is 5.82. The van der Waals surface area contributed by atoms with E-state index in [1.165, 1.54) is 12.8 Å². The molecule has 3 aromatic carbocycles. The van der Waals surface area contributed by atoms with Crippen LogP contribution >= 0.6 is 0 Å². The fourth-order valence-electron chi connectivity index (χ4n) is 4.17. The van der Waals surface area contributed by atoms with E-state index in [9.17, 15) is 4.79 Å². The summed E-state index contributed by atoms with van der Waals surface area (Å²) in [5.74, 6) is 2.31. The van der Waals surface area contributed by atoms with Crippen molar-refractivity contribution in [1.29, 1.82) is 0 Å². The van der Waals surface area contributed by atoms with Crippen molar-refractivity contribution in [1.82, 2.24) is 14.8 Å². The lowest BCUT2D eigenvalue weighted by atomic mass is 10.1. The number of hydrogen-bond acceptors (Lipinski definition) is 4. The standard InChI is InChI=1S/C25H24N4O2/c1-31-22-16-19-8-5-4-7-18(19)15-21(22)25(30)26-20-12-10-17(11-13-20)24-28-27-23-9-3-2-6-14-29(23)24/h4-5,7-8,10-13,15-16H,2-3,6,9,14H2,1H3,(H,26,30). The lowest BCUT2D eigenvalue weighted by Crippen LogP contribution is -2.13. The molecule has 2 heterocycles. The summed E-state index contributed by atoms with van der Waals surface area (Å²) in [5, 5.41) is 13.8. The molecule has 0 saturated carbocycles. The Balaban J connectivity index is 1.39. The molecule has 31 heavy (non-hydrogen) atoms. The van der Waals surface area contributed by atoms with E-state index in [0.717, 1.165) is 53.1 Å². The van der Waals surface area contributed by atoms with Gasteiger partial charge >= 0.3 is 0 Å². The van der Waals surface area contributed by atoms with Gasteiger partial charge in [-0.3, -0.25) is 4.79 Å². The third-order valence-electron chi connectivity index (χ3n) is 5.82. The molecule has 6 nitrogen and oxygen atoms in total. The smallest absolute Gasteiger partial charge is 0.259 e. The normalized spacial score (nSPS) is 13.5. The molecule has 4 aromatic rings. The van der Waals surface area contributed by atoms with Gasteiger partial charge in [-0.15, -0.1) is 10.2 Å². The Morgan fingerprint density at radius 2 is 1.74 bits per heavy atom. The number of methoxy groups -OCH3 is 1. The number of nitrogens with one attached hydrogen (secondary N) is 1. The number of aryl methyl sites for hydroxylation is 1. The Kier molecular flexibility index (Phi) is 5.12. The van der Waals surface area contributed by atoms with Crippen LogP contribution in [0.1, 0.15) is 35.4 Å². The number of aromatic nitrogens is 3. The van der Waals surface area contributed by atoms with Crippen LogP contribution in [0.2, 0.25) is 0 Å². The van der Waals surface area contributed by atoms with Crippen molar-refractivity contribution in [2.24, 2.45) is 0 Å². The van der Waals surface area contributed by atoms with Crippen LogP contribution in [0.4, 0.5) is 5.69 Å². The number of benzene rings is 3. The zero-order valence-electron chi connectivity index (χ0n) is 17.5. The highest BCUT2D eigenvalue weighted by Gasteiger charge is 2.17. The first-order chi connectivity index (χ1) is 15.2. The minimum Gasteiger partial charge on any atom is -0.496 e. The van der Waals surface area contributed by atoms with Crippen molar-refractivity contribution in [2.45, 2.75) is 32.2 Å². The highest BCUT2D eigenvalue weighted by atomic mass is 16.5. The lowest BCUT2D eigenvalue weighted by Gasteiger charge is -2.12. The maximum atomic E-state index is 13.0. The summed E-state index contributed by atoms with van der Waals surface area (Å²) in [7, 11) is 1.58. The summed E-state index contributed by atoms with van der Waals surface area (Å²) in [6, 6.07) is 19.4. The van der Waals surface area contributed by atoms with E-state index in [-0.39, 0.29) is 5.91 Å². The first-order valence-electron chi connectivity index (χ1n) is 10.6. The zero-order valence-corrected chi connectivity index (χ0v) is 17.5. The van der Waals surface area contributed by atoms with E-state index < -0.39 is 0 Å². The second kappa shape index (κ2) is 8.22. The molecule has 0 bridgehead atoms. The molecule has 0 unspecified atom stereocenters. The van der Waals surface area contributed by atoms with E-state index in [2.05, 4.69) is 20.1 Å². The Bertz CT molecular complexity index is 1240. The van der Waals surface area contributed by atoms with Gasteiger partial charge < -0.3 is 14.6 Å². The quantitative estimate of drug-likeness (QED) is 0.507. The molecule has 1 aliphatic rings. The number of nitrogens with zero attached hydrogens (tertiary/aromatic N) is 3. The van der Waals surface area contributed by atoms with E-state index in [0.29, 0.717) is 11.3 Å². The molecule has 1 aromatic heterocycles. The van der Waals surface area contributed by atoms with Crippen LogP contribution in [0.15, 0.2) is 60.7 Å². The van der Waals surface area contributed by atoms with Crippen LogP contribution in [-0.2, 0) is 13.0 Å². The predicted octanol–water partition coefficient (Wildman–Crippen LogP) is 5.09. The molecule has 1 amide bonds. The zero-order chi connectivity index (χ0) is 21.2. The maximum Gasteiger partial charge on any atom is 0.259 e. The Morgan fingerprint density at radius 1 is 0.968 bits per heavy atom. The number of fused-ring (bicyclic) bond motifs is 2. The second-order valence-electron chi connectivity index (χ2n) is 7.83. The molecule has 1 aliphatic heterocycles. The van der Waals surface area contributed by atoms with Gasteiger partial charge in [0.15, 0.2) is 5.82 Å². The number of carbonyl (C=O) groups is 1. The minimum absolute atomic E-state index is 0.202. The Labute approximate surface area is 180 Å². The molecular formula is C25H24N4O2. The number of carbonyl (C=O) groups excluding carboxylic acids is 1. The average Bonchev–Trinajstić information content (AvgIpc) is 3.06. The predicted molar refractivity (Wildman–Crippen MR) is 121 cm³/mol. The van der Waals surface area contributed by atoms with Crippen molar-refractivity contribution >= 4 is 22.4 Å². The van der Waals surface area contributed by atoms with Crippen LogP contribution in [0.3, 0.4) is 0 Å². The van der Waals surface area contributed by atoms with Gasteiger partial charge in [0.1, 0.15) is 11.6 Å².